The Labute approximate surface area is 94.3 Å². The first kappa shape index (κ1) is 14.4. The van der Waals surface area contributed by atoms with Crippen LogP contribution in [0.3, 0.4) is 0 Å². The SMILES string of the molecule is C=CCC(C)NC(=O)N[C@@H](CCO)C(=O)O. The quantitative estimate of drug-likeness (QED) is 0.466. The van der Waals surface area contributed by atoms with Gasteiger partial charge in [0, 0.05) is 19.1 Å². The number of nitrogens with one attached hydrogen (secondary N) is 2. The minimum Gasteiger partial charge on any atom is -0.480 e. The van der Waals surface area contributed by atoms with E-state index in [4.69, 9.17) is 10.2 Å². The first-order chi connectivity index (χ1) is 7.51. The number of urea groups is 1. The van der Waals surface area contributed by atoms with Gasteiger partial charge in [0.05, 0.1) is 0 Å². The molecule has 2 amide bonds. The first-order valence-electron chi connectivity index (χ1n) is 5.02. The van der Waals surface area contributed by atoms with Crippen LogP contribution in [0.4, 0.5) is 4.79 Å². The van der Waals surface area contributed by atoms with Gasteiger partial charge in [-0.05, 0) is 13.3 Å². The van der Waals surface area contributed by atoms with E-state index in [-0.39, 0.29) is 19.1 Å². The van der Waals surface area contributed by atoms with Gasteiger partial charge >= 0.3 is 12.0 Å². The molecular weight excluding hydrogens is 212 g/mol. The van der Waals surface area contributed by atoms with Crippen LogP contribution in [0, 0.1) is 0 Å². The summed E-state index contributed by atoms with van der Waals surface area (Å²) in [6.07, 6.45) is 2.25. The van der Waals surface area contributed by atoms with Gasteiger partial charge in [-0.2, -0.15) is 0 Å². The third-order valence-corrected chi connectivity index (χ3v) is 1.92. The number of carbonyl (C=O) groups is 2. The van der Waals surface area contributed by atoms with Crippen molar-refractivity contribution in [3.63, 3.8) is 0 Å². The number of aliphatic hydroxyl groups is 1. The molecule has 0 aliphatic heterocycles. The zero-order valence-corrected chi connectivity index (χ0v) is 9.27. The second-order valence-corrected chi connectivity index (χ2v) is 3.45. The van der Waals surface area contributed by atoms with Gasteiger partial charge in [-0.1, -0.05) is 6.08 Å². The van der Waals surface area contributed by atoms with E-state index in [1.54, 1.807) is 13.0 Å². The van der Waals surface area contributed by atoms with Gasteiger partial charge in [-0.15, -0.1) is 6.58 Å². The van der Waals surface area contributed by atoms with Crippen molar-refractivity contribution in [2.24, 2.45) is 0 Å². The zero-order valence-electron chi connectivity index (χ0n) is 9.27. The molecule has 0 aromatic rings. The van der Waals surface area contributed by atoms with Gasteiger partial charge < -0.3 is 20.8 Å². The number of amides is 2. The highest BCUT2D eigenvalue weighted by molar-refractivity contribution is 5.82. The second kappa shape index (κ2) is 7.70. The molecule has 0 rings (SSSR count). The fourth-order valence-electron chi connectivity index (χ4n) is 1.12. The summed E-state index contributed by atoms with van der Waals surface area (Å²) < 4.78 is 0. The Morgan fingerprint density at radius 1 is 1.44 bits per heavy atom. The fourth-order valence-corrected chi connectivity index (χ4v) is 1.12. The molecule has 0 aliphatic carbocycles. The number of rotatable bonds is 7. The Morgan fingerprint density at radius 2 is 2.06 bits per heavy atom. The largest absolute Gasteiger partial charge is 0.480 e. The number of aliphatic hydroxyl groups excluding tert-OH is 1. The van der Waals surface area contributed by atoms with E-state index in [2.05, 4.69) is 17.2 Å². The smallest absolute Gasteiger partial charge is 0.326 e. The Balaban J connectivity index is 4.08. The first-order valence-corrected chi connectivity index (χ1v) is 5.02. The molecule has 92 valence electrons. The molecule has 2 atom stereocenters. The van der Waals surface area contributed by atoms with E-state index in [9.17, 15) is 9.59 Å². The average molecular weight is 230 g/mol. The van der Waals surface area contributed by atoms with Crippen LogP contribution < -0.4 is 10.6 Å². The van der Waals surface area contributed by atoms with E-state index in [0.717, 1.165) is 0 Å². The summed E-state index contributed by atoms with van der Waals surface area (Å²) in [6, 6.07) is -1.74. The van der Waals surface area contributed by atoms with Crippen molar-refractivity contribution < 1.29 is 19.8 Å². The van der Waals surface area contributed by atoms with E-state index < -0.39 is 18.0 Å². The van der Waals surface area contributed by atoms with E-state index in [1.165, 1.54) is 0 Å². The van der Waals surface area contributed by atoms with Gasteiger partial charge in [0.1, 0.15) is 6.04 Å². The Bertz CT molecular complexity index is 255. The molecule has 0 fully saturated rings. The maximum atomic E-state index is 11.3. The van der Waals surface area contributed by atoms with Gasteiger partial charge in [0.2, 0.25) is 0 Å². The lowest BCUT2D eigenvalue weighted by Gasteiger charge is -2.16. The number of carboxylic acid groups (broad SMARTS) is 1. The molecule has 0 radical (unpaired) electrons. The van der Waals surface area contributed by atoms with Crippen molar-refractivity contribution in [1.29, 1.82) is 0 Å². The molecule has 0 aliphatic rings. The van der Waals surface area contributed by atoms with E-state index in [1.807, 2.05) is 0 Å². The van der Waals surface area contributed by atoms with E-state index in [0.29, 0.717) is 6.42 Å². The van der Waals surface area contributed by atoms with Crippen LogP contribution in [0.2, 0.25) is 0 Å². The van der Waals surface area contributed by atoms with Crippen LogP contribution in [0.25, 0.3) is 0 Å². The van der Waals surface area contributed by atoms with Crippen LogP contribution in [0.15, 0.2) is 12.7 Å². The van der Waals surface area contributed by atoms with Crippen molar-refractivity contribution in [3.8, 4) is 0 Å². The Morgan fingerprint density at radius 3 is 2.50 bits per heavy atom. The summed E-state index contributed by atoms with van der Waals surface area (Å²) in [6.45, 7) is 5.02. The molecule has 0 aromatic carbocycles. The van der Waals surface area contributed by atoms with Crippen LogP contribution >= 0.6 is 0 Å². The molecule has 0 heterocycles. The summed E-state index contributed by atoms with van der Waals surface area (Å²) in [4.78, 5) is 22.0. The summed E-state index contributed by atoms with van der Waals surface area (Å²) in [5.74, 6) is -1.17. The number of carbonyl (C=O) groups excluding carboxylic acids is 1. The van der Waals surface area contributed by atoms with Gasteiger partial charge in [-0.25, -0.2) is 9.59 Å². The number of hydrogen-bond donors (Lipinski definition) is 4. The highest BCUT2D eigenvalue weighted by atomic mass is 16.4. The molecule has 16 heavy (non-hydrogen) atoms. The predicted molar refractivity (Wildman–Crippen MR) is 59.1 cm³/mol. The predicted octanol–water partition coefficient (Wildman–Crippen LogP) is 0.0858. The van der Waals surface area contributed by atoms with Crippen LogP contribution in [-0.4, -0.2) is 40.9 Å². The van der Waals surface area contributed by atoms with Crippen molar-refractivity contribution in [2.75, 3.05) is 6.61 Å². The lowest BCUT2D eigenvalue weighted by molar-refractivity contribution is -0.139. The van der Waals surface area contributed by atoms with Crippen molar-refractivity contribution in [1.82, 2.24) is 10.6 Å². The maximum Gasteiger partial charge on any atom is 0.326 e. The summed E-state index contributed by atoms with van der Waals surface area (Å²) in [7, 11) is 0. The second-order valence-electron chi connectivity index (χ2n) is 3.45. The van der Waals surface area contributed by atoms with Gasteiger partial charge in [-0.3, -0.25) is 0 Å². The number of aliphatic carboxylic acids is 1. The molecule has 0 saturated heterocycles. The van der Waals surface area contributed by atoms with Crippen LogP contribution in [0.1, 0.15) is 19.8 Å². The standard InChI is InChI=1S/C10H18N2O4/c1-3-4-7(2)11-10(16)12-8(5-6-13)9(14)15/h3,7-8,13H,1,4-6H2,2H3,(H,14,15)(H2,11,12,16)/t7?,8-/m0/s1. The Kier molecular flexibility index (Phi) is 6.95. The van der Waals surface area contributed by atoms with Crippen LogP contribution in [0.5, 0.6) is 0 Å². The molecule has 1 unspecified atom stereocenters. The molecule has 0 aromatic heterocycles. The molecule has 0 saturated carbocycles. The molecule has 6 nitrogen and oxygen atoms in total. The van der Waals surface area contributed by atoms with Crippen molar-refractivity contribution >= 4 is 12.0 Å². The lowest BCUT2D eigenvalue weighted by Crippen LogP contribution is -2.48. The van der Waals surface area contributed by atoms with Gasteiger partial charge in [0.15, 0.2) is 0 Å². The minimum atomic E-state index is -1.17. The average Bonchev–Trinajstić information content (AvgIpc) is 2.16. The molecular formula is C10H18N2O4. The third kappa shape index (κ3) is 6.02. The zero-order chi connectivity index (χ0) is 12.6. The monoisotopic (exact) mass is 230 g/mol. The number of hydrogen-bond acceptors (Lipinski definition) is 3. The molecule has 4 N–H and O–H groups in total. The van der Waals surface area contributed by atoms with Crippen molar-refractivity contribution in [3.05, 3.63) is 12.7 Å². The number of carboxylic acids is 1. The molecule has 6 heteroatoms. The van der Waals surface area contributed by atoms with E-state index >= 15 is 0 Å². The Hall–Kier alpha value is -1.56. The fraction of sp³-hybridized carbons (Fsp3) is 0.600. The van der Waals surface area contributed by atoms with Gasteiger partial charge in [0.25, 0.3) is 0 Å². The highest BCUT2D eigenvalue weighted by Gasteiger charge is 2.19. The minimum absolute atomic E-state index is 0.0153. The third-order valence-electron chi connectivity index (χ3n) is 1.92. The lowest BCUT2D eigenvalue weighted by atomic mass is 10.2. The highest BCUT2D eigenvalue weighted by Crippen LogP contribution is 1.93. The summed E-state index contributed by atoms with van der Waals surface area (Å²) >= 11 is 0. The normalized spacial score (nSPS) is 13.6. The molecule has 0 spiro atoms. The summed E-state index contributed by atoms with van der Waals surface area (Å²) in [5, 5.41) is 22.2. The maximum absolute atomic E-state index is 11.3. The van der Waals surface area contributed by atoms with Crippen LogP contribution in [-0.2, 0) is 4.79 Å². The van der Waals surface area contributed by atoms with Crippen molar-refractivity contribution in [2.45, 2.75) is 31.8 Å². The molecule has 0 bridgehead atoms. The topological polar surface area (TPSA) is 98.7 Å². The summed E-state index contributed by atoms with van der Waals surface area (Å²) in [5.41, 5.74) is 0.